The molecule has 7 heteroatoms. The van der Waals surface area contributed by atoms with Gasteiger partial charge in [-0.25, -0.2) is 4.79 Å². The van der Waals surface area contributed by atoms with Crippen molar-refractivity contribution in [3.63, 3.8) is 0 Å². The molecule has 2 fully saturated rings. The number of nitrogens with one attached hydrogen (secondary N) is 1. The summed E-state index contributed by atoms with van der Waals surface area (Å²) in [6, 6.07) is 15.9. The first-order valence-corrected chi connectivity index (χ1v) is 11.0. The van der Waals surface area contributed by atoms with E-state index >= 15 is 0 Å². The minimum Gasteiger partial charge on any atom is -0.492 e. The zero-order valence-electron chi connectivity index (χ0n) is 18.0. The molecule has 0 aliphatic carbocycles. The molecule has 0 radical (unpaired) electrons. The predicted molar refractivity (Wildman–Crippen MR) is 122 cm³/mol. The summed E-state index contributed by atoms with van der Waals surface area (Å²) in [4.78, 5) is 30.4. The Morgan fingerprint density at radius 2 is 1.74 bits per heavy atom. The van der Waals surface area contributed by atoms with Crippen molar-refractivity contribution in [1.29, 1.82) is 0 Å². The van der Waals surface area contributed by atoms with E-state index in [-0.39, 0.29) is 11.9 Å². The number of rotatable bonds is 6. The highest BCUT2D eigenvalue weighted by atomic mass is 16.5. The number of anilines is 2. The standard InChI is InChI=1S/C24H30N4O3/c1-2-31-22-7-4-3-6-21(22)26-14-16-27(17-15-26)24(30)25-18-19-9-11-20(12-10-19)28-13-5-8-23(28)29/h3-4,6-7,9-12H,2,5,8,13-18H2,1H3,(H,25,30). The predicted octanol–water partition coefficient (Wildman–Crippen LogP) is 3.24. The third-order valence-electron chi connectivity index (χ3n) is 5.84. The van der Waals surface area contributed by atoms with E-state index in [0.717, 1.165) is 48.7 Å². The smallest absolute Gasteiger partial charge is 0.317 e. The molecule has 0 bridgehead atoms. The summed E-state index contributed by atoms with van der Waals surface area (Å²) >= 11 is 0. The Labute approximate surface area is 183 Å². The molecule has 0 atom stereocenters. The van der Waals surface area contributed by atoms with Gasteiger partial charge in [0, 0.05) is 51.4 Å². The van der Waals surface area contributed by atoms with Crippen LogP contribution < -0.4 is 19.9 Å². The fourth-order valence-electron chi connectivity index (χ4n) is 4.15. The summed E-state index contributed by atoms with van der Waals surface area (Å²) in [5, 5.41) is 3.02. The number of carbonyl (C=O) groups is 2. The molecule has 2 aromatic rings. The average molecular weight is 423 g/mol. The maximum absolute atomic E-state index is 12.6. The number of ether oxygens (including phenoxy) is 1. The van der Waals surface area contributed by atoms with E-state index in [1.54, 1.807) is 0 Å². The Hall–Kier alpha value is -3.22. The number of nitrogens with zero attached hydrogens (tertiary/aromatic N) is 3. The molecule has 2 aromatic carbocycles. The molecule has 0 saturated carbocycles. The zero-order chi connectivity index (χ0) is 21.6. The van der Waals surface area contributed by atoms with Crippen LogP contribution in [0.1, 0.15) is 25.3 Å². The van der Waals surface area contributed by atoms with Gasteiger partial charge in [-0.3, -0.25) is 4.79 Å². The average Bonchev–Trinajstić information content (AvgIpc) is 3.24. The van der Waals surface area contributed by atoms with Gasteiger partial charge in [0.25, 0.3) is 0 Å². The van der Waals surface area contributed by atoms with Gasteiger partial charge in [0.05, 0.1) is 12.3 Å². The Morgan fingerprint density at radius 3 is 2.42 bits per heavy atom. The van der Waals surface area contributed by atoms with Crippen LogP contribution >= 0.6 is 0 Å². The summed E-state index contributed by atoms with van der Waals surface area (Å²) in [6.07, 6.45) is 1.55. The van der Waals surface area contributed by atoms with Crippen molar-refractivity contribution in [1.82, 2.24) is 10.2 Å². The van der Waals surface area contributed by atoms with Crippen molar-refractivity contribution in [3.8, 4) is 5.75 Å². The maximum Gasteiger partial charge on any atom is 0.317 e. The second kappa shape index (κ2) is 9.73. The molecule has 31 heavy (non-hydrogen) atoms. The monoisotopic (exact) mass is 422 g/mol. The molecular weight excluding hydrogens is 392 g/mol. The molecule has 0 spiro atoms. The van der Waals surface area contributed by atoms with Gasteiger partial charge in [0.15, 0.2) is 0 Å². The van der Waals surface area contributed by atoms with Gasteiger partial charge in [0.2, 0.25) is 5.91 Å². The Bertz CT molecular complexity index is 907. The first-order chi connectivity index (χ1) is 15.2. The largest absolute Gasteiger partial charge is 0.492 e. The summed E-state index contributed by atoms with van der Waals surface area (Å²) in [7, 11) is 0. The van der Waals surface area contributed by atoms with E-state index in [1.807, 2.05) is 59.2 Å². The quantitative estimate of drug-likeness (QED) is 0.776. The number of carbonyl (C=O) groups excluding carboxylic acids is 2. The number of amides is 3. The number of piperazine rings is 1. The summed E-state index contributed by atoms with van der Waals surface area (Å²) < 4.78 is 5.74. The van der Waals surface area contributed by atoms with Crippen molar-refractivity contribution in [2.75, 3.05) is 49.1 Å². The van der Waals surface area contributed by atoms with Gasteiger partial charge in [-0.15, -0.1) is 0 Å². The SMILES string of the molecule is CCOc1ccccc1N1CCN(C(=O)NCc2ccc(N3CCCC3=O)cc2)CC1. The molecule has 2 heterocycles. The van der Waals surface area contributed by atoms with E-state index < -0.39 is 0 Å². The number of para-hydroxylation sites is 2. The lowest BCUT2D eigenvalue weighted by molar-refractivity contribution is -0.117. The van der Waals surface area contributed by atoms with Crippen LogP contribution in [0.15, 0.2) is 48.5 Å². The number of benzene rings is 2. The van der Waals surface area contributed by atoms with Gasteiger partial charge in [0.1, 0.15) is 5.75 Å². The van der Waals surface area contributed by atoms with Crippen molar-refractivity contribution >= 4 is 23.3 Å². The van der Waals surface area contributed by atoms with Crippen LogP contribution in [0.2, 0.25) is 0 Å². The first-order valence-electron chi connectivity index (χ1n) is 11.0. The molecule has 7 nitrogen and oxygen atoms in total. The van der Waals surface area contributed by atoms with Crippen LogP contribution in [0.25, 0.3) is 0 Å². The number of hydrogen-bond donors (Lipinski definition) is 1. The Balaban J connectivity index is 1.26. The van der Waals surface area contributed by atoms with Crippen LogP contribution in [-0.2, 0) is 11.3 Å². The minimum atomic E-state index is -0.0449. The summed E-state index contributed by atoms with van der Waals surface area (Å²) in [5.74, 6) is 1.08. The topological polar surface area (TPSA) is 65.1 Å². The molecule has 2 aliphatic heterocycles. The zero-order valence-corrected chi connectivity index (χ0v) is 18.0. The van der Waals surface area contributed by atoms with Crippen LogP contribution in [0.4, 0.5) is 16.2 Å². The van der Waals surface area contributed by atoms with Crippen molar-refractivity contribution in [2.24, 2.45) is 0 Å². The minimum absolute atomic E-state index is 0.0449. The third kappa shape index (κ3) is 4.93. The molecule has 164 valence electrons. The fourth-order valence-corrected chi connectivity index (χ4v) is 4.15. The van der Waals surface area contributed by atoms with Crippen LogP contribution in [0.5, 0.6) is 5.75 Å². The van der Waals surface area contributed by atoms with E-state index in [9.17, 15) is 9.59 Å². The number of hydrogen-bond acceptors (Lipinski definition) is 4. The second-order valence-electron chi connectivity index (χ2n) is 7.85. The van der Waals surface area contributed by atoms with Crippen LogP contribution in [0, 0.1) is 0 Å². The lowest BCUT2D eigenvalue weighted by atomic mass is 10.2. The highest BCUT2D eigenvalue weighted by Crippen LogP contribution is 2.28. The van der Waals surface area contributed by atoms with Gasteiger partial charge in [-0.1, -0.05) is 24.3 Å². The van der Waals surface area contributed by atoms with Crippen molar-refractivity contribution in [3.05, 3.63) is 54.1 Å². The lowest BCUT2D eigenvalue weighted by Gasteiger charge is -2.36. The van der Waals surface area contributed by atoms with Gasteiger partial charge < -0.3 is 24.8 Å². The van der Waals surface area contributed by atoms with Crippen molar-refractivity contribution < 1.29 is 14.3 Å². The summed E-state index contributed by atoms with van der Waals surface area (Å²) in [6.45, 7) is 6.76. The highest BCUT2D eigenvalue weighted by Gasteiger charge is 2.23. The summed E-state index contributed by atoms with van der Waals surface area (Å²) in [5.41, 5.74) is 3.04. The third-order valence-corrected chi connectivity index (χ3v) is 5.84. The molecule has 3 amide bonds. The Morgan fingerprint density at radius 1 is 1.00 bits per heavy atom. The Kier molecular flexibility index (Phi) is 6.60. The van der Waals surface area contributed by atoms with Gasteiger partial charge >= 0.3 is 6.03 Å². The highest BCUT2D eigenvalue weighted by molar-refractivity contribution is 5.95. The van der Waals surface area contributed by atoms with Crippen LogP contribution in [-0.4, -0.2) is 56.2 Å². The molecule has 1 N–H and O–H groups in total. The van der Waals surface area contributed by atoms with Gasteiger partial charge in [-0.2, -0.15) is 0 Å². The first kappa shape index (κ1) is 21.0. The normalized spacial score (nSPS) is 16.5. The van der Waals surface area contributed by atoms with E-state index in [4.69, 9.17) is 4.74 Å². The van der Waals surface area contributed by atoms with Crippen LogP contribution in [0.3, 0.4) is 0 Å². The lowest BCUT2D eigenvalue weighted by Crippen LogP contribution is -2.51. The number of urea groups is 1. The van der Waals surface area contributed by atoms with E-state index in [1.165, 1.54) is 0 Å². The molecule has 2 aliphatic rings. The molecule has 0 unspecified atom stereocenters. The molecule has 4 rings (SSSR count). The maximum atomic E-state index is 12.6. The van der Waals surface area contributed by atoms with E-state index in [0.29, 0.717) is 32.7 Å². The molecule has 0 aromatic heterocycles. The molecular formula is C24H30N4O3. The van der Waals surface area contributed by atoms with Gasteiger partial charge in [-0.05, 0) is 43.2 Å². The van der Waals surface area contributed by atoms with Crippen molar-refractivity contribution in [2.45, 2.75) is 26.3 Å². The van der Waals surface area contributed by atoms with E-state index in [2.05, 4.69) is 16.3 Å². The second-order valence-corrected chi connectivity index (χ2v) is 7.85. The molecule has 2 saturated heterocycles. The fraction of sp³-hybridized carbons (Fsp3) is 0.417.